The number of rotatable bonds is 13. The number of nitrogens with zero attached hydrogens (tertiary/aromatic N) is 5. The van der Waals surface area contributed by atoms with Crippen LogP contribution in [0.2, 0.25) is 0 Å². The van der Waals surface area contributed by atoms with Gasteiger partial charge in [-0.1, -0.05) is 49.9 Å². The first-order valence-electron chi connectivity index (χ1n) is 11.3. The molecule has 2 rings (SSSR count). The zero-order chi connectivity index (χ0) is 25.3. The summed E-state index contributed by atoms with van der Waals surface area (Å²) in [5.41, 5.74) is 7.53. The summed E-state index contributed by atoms with van der Waals surface area (Å²) in [7, 11) is 0. The van der Waals surface area contributed by atoms with E-state index in [0.717, 1.165) is 31.6 Å². The Bertz CT molecular complexity index is 973. The van der Waals surface area contributed by atoms with Crippen LogP contribution in [0.15, 0.2) is 29.4 Å². The first-order chi connectivity index (χ1) is 16.2. The quantitative estimate of drug-likeness (QED) is 0.145. The Hall–Kier alpha value is -2.92. The first kappa shape index (κ1) is 27.3. The highest BCUT2D eigenvalue weighted by Crippen LogP contribution is 2.35. The van der Waals surface area contributed by atoms with E-state index in [-0.39, 0.29) is 29.9 Å². The molecule has 0 amide bonds. The van der Waals surface area contributed by atoms with E-state index < -0.39 is 22.6 Å². The van der Waals surface area contributed by atoms with Crippen LogP contribution in [0.3, 0.4) is 0 Å². The number of thioether (sulfide) groups is 1. The van der Waals surface area contributed by atoms with Crippen molar-refractivity contribution in [3.63, 3.8) is 0 Å². The number of aromatic nitrogens is 2. The molecule has 0 radical (unpaired) electrons. The van der Waals surface area contributed by atoms with Gasteiger partial charge in [0.2, 0.25) is 11.6 Å². The number of esters is 1. The molecule has 11 heteroatoms. The summed E-state index contributed by atoms with van der Waals surface area (Å²) in [5, 5.41) is 12.1. The van der Waals surface area contributed by atoms with Gasteiger partial charge in [-0.15, -0.1) is 0 Å². The number of hydrogen-bond donors (Lipinski definition) is 1. The predicted octanol–water partition coefficient (Wildman–Crippen LogP) is 3.88. The van der Waals surface area contributed by atoms with E-state index in [1.165, 1.54) is 17.3 Å². The van der Waals surface area contributed by atoms with E-state index in [4.69, 9.17) is 10.5 Å². The van der Waals surface area contributed by atoms with Crippen molar-refractivity contribution in [1.29, 1.82) is 0 Å². The summed E-state index contributed by atoms with van der Waals surface area (Å²) in [6.45, 7) is 10.9. The molecule has 0 aliphatic rings. The minimum Gasteiger partial charge on any atom is -0.464 e. The lowest BCUT2D eigenvalue weighted by Crippen LogP contribution is -2.41. The molecular formula is C23H34N6O4S. The van der Waals surface area contributed by atoms with E-state index in [1.54, 1.807) is 25.0 Å². The van der Waals surface area contributed by atoms with Crippen molar-refractivity contribution in [3.8, 4) is 0 Å². The maximum atomic E-state index is 12.6. The van der Waals surface area contributed by atoms with Crippen LogP contribution in [-0.2, 0) is 22.6 Å². The van der Waals surface area contributed by atoms with E-state index in [0.29, 0.717) is 0 Å². The van der Waals surface area contributed by atoms with Crippen LogP contribution in [-0.4, -0.2) is 57.8 Å². The summed E-state index contributed by atoms with van der Waals surface area (Å²) >= 11 is 1.21. The Balaban J connectivity index is 2.45. The Morgan fingerprint density at radius 2 is 1.79 bits per heavy atom. The molecule has 186 valence electrons. The number of carbonyl (C=O) groups excluding carboxylic acids is 1. The number of carbonyl (C=O) groups is 1. The highest BCUT2D eigenvalue weighted by atomic mass is 32.2. The van der Waals surface area contributed by atoms with Crippen molar-refractivity contribution in [2.24, 2.45) is 0 Å². The molecule has 1 aromatic heterocycles. The third kappa shape index (κ3) is 7.04. The van der Waals surface area contributed by atoms with Crippen LogP contribution in [0.1, 0.15) is 45.2 Å². The van der Waals surface area contributed by atoms with Gasteiger partial charge in [-0.05, 0) is 50.7 Å². The van der Waals surface area contributed by atoms with Gasteiger partial charge in [0.1, 0.15) is 6.04 Å². The minimum atomic E-state index is -0.831. The molecule has 0 fully saturated rings. The fraction of sp³-hybridized carbons (Fsp3) is 0.522. The Kier molecular flexibility index (Phi) is 10.5. The summed E-state index contributed by atoms with van der Waals surface area (Å²) < 4.78 is 5.19. The molecule has 2 N–H and O–H groups in total. The van der Waals surface area contributed by atoms with Gasteiger partial charge in [0.25, 0.3) is 0 Å². The predicted molar refractivity (Wildman–Crippen MR) is 135 cm³/mol. The molecule has 34 heavy (non-hydrogen) atoms. The molecule has 1 atom stereocenters. The van der Waals surface area contributed by atoms with Gasteiger partial charge in [-0.2, -0.15) is 9.97 Å². The second-order valence-corrected chi connectivity index (χ2v) is 8.54. The molecule has 0 saturated carbocycles. The van der Waals surface area contributed by atoms with Crippen molar-refractivity contribution in [3.05, 3.63) is 45.5 Å². The van der Waals surface area contributed by atoms with Crippen LogP contribution >= 0.6 is 11.8 Å². The molecular weight excluding hydrogens is 456 g/mol. The van der Waals surface area contributed by atoms with E-state index in [9.17, 15) is 14.9 Å². The topological polar surface area (TPSA) is 128 Å². The van der Waals surface area contributed by atoms with Crippen molar-refractivity contribution in [1.82, 2.24) is 14.9 Å². The molecule has 1 unspecified atom stereocenters. The number of nitrogen functional groups attached to an aromatic ring is 1. The molecule has 0 bridgehead atoms. The van der Waals surface area contributed by atoms with Gasteiger partial charge in [-0.25, -0.2) is 4.79 Å². The SMILES string of the molecule is CCCN(CC)Cc1ccc(CN(c2nc(SC)nc(N)c2[N+](=O)[O-])C(C)C(=O)OCC)cc1. The largest absolute Gasteiger partial charge is 0.464 e. The number of anilines is 2. The summed E-state index contributed by atoms with van der Waals surface area (Å²) in [6, 6.07) is 7.17. The van der Waals surface area contributed by atoms with Gasteiger partial charge in [0.05, 0.1) is 11.5 Å². The third-order valence-corrected chi connectivity index (χ3v) is 5.92. The van der Waals surface area contributed by atoms with Gasteiger partial charge < -0.3 is 15.4 Å². The van der Waals surface area contributed by atoms with Gasteiger partial charge in [0, 0.05) is 13.1 Å². The summed E-state index contributed by atoms with van der Waals surface area (Å²) in [5.74, 6) is -0.757. The Labute approximate surface area is 205 Å². The van der Waals surface area contributed by atoms with Gasteiger partial charge in [-0.3, -0.25) is 15.0 Å². The van der Waals surface area contributed by atoms with Crippen LogP contribution in [0.4, 0.5) is 17.3 Å². The second kappa shape index (κ2) is 13.1. The van der Waals surface area contributed by atoms with Crippen molar-refractivity contribution < 1.29 is 14.5 Å². The van der Waals surface area contributed by atoms with E-state index in [1.807, 2.05) is 24.3 Å². The van der Waals surface area contributed by atoms with Crippen LogP contribution in [0.25, 0.3) is 0 Å². The van der Waals surface area contributed by atoms with Gasteiger partial charge >= 0.3 is 11.7 Å². The molecule has 1 aromatic carbocycles. The maximum Gasteiger partial charge on any atom is 0.353 e. The highest BCUT2D eigenvalue weighted by Gasteiger charge is 2.33. The van der Waals surface area contributed by atoms with Crippen molar-refractivity contribution >= 4 is 35.1 Å². The molecule has 2 aromatic rings. The van der Waals surface area contributed by atoms with Gasteiger partial charge in [0.15, 0.2) is 5.16 Å². The highest BCUT2D eigenvalue weighted by molar-refractivity contribution is 7.98. The monoisotopic (exact) mass is 490 g/mol. The standard InChI is InChI=1S/C23H34N6O4S/c1-6-13-27(7-2)14-17-9-11-18(12-10-17)15-28(16(4)22(30)33-8-3)21-19(29(31)32)20(24)25-23(26-21)34-5/h9-12,16H,6-8,13-15H2,1-5H3,(H2,24,25,26). The number of nitrogens with two attached hydrogens (primary N) is 1. The van der Waals surface area contributed by atoms with Crippen LogP contribution in [0, 0.1) is 10.1 Å². The molecule has 0 aliphatic carbocycles. The van der Waals surface area contributed by atoms with Crippen molar-refractivity contribution in [2.75, 3.05) is 36.6 Å². The number of ether oxygens (including phenoxy) is 1. The normalized spacial score (nSPS) is 11.9. The zero-order valence-electron chi connectivity index (χ0n) is 20.5. The van der Waals surface area contributed by atoms with Crippen molar-refractivity contribution in [2.45, 2.75) is 58.4 Å². The van der Waals surface area contributed by atoms with Crippen LogP contribution < -0.4 is 10.6 Å². The third-order valence-electron chi connectivity index (χ3n) is 5.37. The molecule has 0 saturated heterocycles. The lowest BCUT2D eigenvalue weighted by molar-refractivity contribution is -0.383. The zero-order valence-corrected chi connectivity index (χ0v) is 21.3. The molecule has 1 heterocycles. The number of hydrogen-bond acceptors (Lipinski definition) is 10. The molecule has 10 nitrogen and oxygen atoms in total. The molecule has 0 spiro atoms. The first-order valence-corrected chi connectivity index (χ1v) is 12.6. The Morgan fingerprint density at radius 1 is 1.18 bits per heavy atom. The second-order valence-electron chi connectivity index (χ2n) is 7.77. The minimum absolute atomic E-state index is 0.00779. The fourth-order valence-electron chi connectivity index (χ4n) is 3.56. The number of benzene rings is 1. The lowest BCUT2D eigenvalue weighted by atomic mass is 10.1. The molecule has 0 aliphatic heterocycles. The summed E-state index contributed by atoms with van der Waals surface area (Å²) in [6.07, 6.45) is 2.84. The lowest BCUT2D eigenvalue weighted by Gasteiger charge is -2.29. The number of nitro groups is 1. The summed E-state index contributed by atoms with van der Waals surface area (Å²) in [4.78, 5) is 36.1. The average Bonchev–Trinajstić information content (AvgIpc) is 2.82. The van der Waals surface area contributed by atoms with E-state index >= 15 is 0 Å². The average molecular weight is 491 g/mol. The fourth-order valence-corrected chi connectivity index (χ4v) is 3.93. The Morgan fingerprint density at radius 3 is 2.29 bits per heavy atom. The smallest absolute Gasteiger partial charge is 0.353 e. The van der Waals surface area contributed by atoms with Crippen LogP contribution in [0.5, 0.6) is 0 Å². The maximum absolute atomic E-state index is 12.6. The van der Waals surface area contributed by atoms with E-state index in [2.05, 4.69) is 28.7 Å².